The van der Waals surface area contributed by atoms with Gasteiger partial charge in [0.15, 0.2) is 17.5 Å². The van der Waals surface area contributed by atoms with E-state index < -0.39 is 0 Å². The first-order valence-electron chi connectivity index (χ1n) is 7.38. The van der Waals surface area contributed by atoms with Gasteiger partial charge < -0.3 is 24.7 Å². The first-order valence-corrected chi connectivity index (χ1v) is 7.38. The number of guanidine groups is 1. The number of halogens is 1. The van der Waals surface area contributed by atoms with Crippen LogP contribution in [0.5, 0.6) is 11.5 Å². The van der Waals surface area contributed by atoms with Crippen LogP contribution in [-0.2, 0) is 13.1 Å². The van der Waals surface area contributed by atoms with Crippen LogP contribution in [0.25, 0.3) is 0 Å². The molecule has 2 N–H and O–H groups in total. The second-order valence-electron chi connectivity index (χ2n) is 4.84. The molecule has 1 aromatic heterocycles. The molecule has 0 bridgehead atoms. The predicted octanol–water partition coefficient (Wildman–Crippen LogP) is 1.88. The van der Waals surface area contributed by atoms with Gasteiger partial charge in [-0.3, -0.25) is 4.99 Å². The maximum Gasteiger partial charge on any atom is 0.191 e. The summed E-state index contributed by atoms with van der Waals surface area (Å²) in [5, 5.41) is 6.54. The van der Waals surface area contributed by atoms with Crippen LogP contribution in [0.2, 0.25) is 0 Å². The van der Waals surface area contributed by atoms with Crippen molar-refractivity contribution in [3.63, 3.8) is 0 Å². The van der Waals surface area contributed by atoms with Crippen LogP contribution in [0.4, 0.5) is 0 Å². The highest BCUT2D eigenvalue weighted by molar-refractivity contribution is 14.0. The van der Waals surface area contributed by atoms with Gasteiger partial charge in [-0.05, 0) is 17.7 Å². The third-order valence-corrected chi connectivity index (χ3v) is 3.35. The van der Waals surface area contributed by atoms with Gasteiger partial charge in [-0.1, -0.05) is 6.07 Å². The summed E-state index contributed by atoms with van der Waals surface area (Å²) in [7, 11) is 5.01. The van der Waals surface area contributed by atoms with E-state index in [4.69, 9.17) is 9.47 Å². The fraction of sp³-hybridized carbons (Fsp3) is 0.375. The Morgan fingerprint density at radius 1 is 1.21 bits per heavy atom. The molecule has 0 fully saturated rings. The standard InChI is InChI=1S/C16H23N5O2.HI/c1-17-16(19-7-9-21-8-6-18-12-21)20-11-13-4-5-14(22-2)15(10-13)23-3;/h4-6,8,10,12H,7,9,11H2,1-3H3,(H2,17,19,20);1H. The zero-order valence-corrected chi connectivity index (χ0v) is 16.5. The number of rotatable bonds is 7. The monoisotopic (exact) mass is 445 g/mol. The molecule has 24 heavy (non-hydrogen) atoms. The number of ether oxygens (including phenoxy) is 2. The topological polar surface area (TPSA) is 72.7 Å². The molecule has 0 saturated heterocycles. The minimum Gasteiger partial charge on any atom is -0.493 e. The van der Waals surface area contributed by atoms with Gasteiger partial charge in [0.05, 0.1) is 20.5 Å². The molecule has 2 aromatic rings. The second-order valence-corrected chi connectivity index (χ2v) is 4.84. The molecule has 0 atom stereocenters. The fourth-order valence-corrected chi connectivity index (χ4v) is 2.12. The Kier molecular flexibility index (Phi) is 8.98. The van der Waals surface area contributed by atoms with Crippen LogP contribution in [0.3, 0.4) is 0 Å². The van der Waals surface area contributed by atoms with Crippen molar-refractivity contribution >= 4 is 29.9 Å². The molecule has 132 valence electrons. The molecule has 0 aliphatic heterocycles. The number of aliphatic imine (C=N–C) groups is 1. The van der Waals surface area contributed by atoms with E-state index >= 15 is 0 Å². The summed E-state index contributed by atoms with van der Waals surface area (Å²) in [6, 6.07) is 5.84. The number of methoxy groups -OCH3 is 2. The van der Waals surface area contributed by atoms with E-state index in [0.717, 1.165) is 36.1 Å². The predicted molar refractivity (Wildman–Crippen MR) is 105 cm³/mol. The van der Waals surface area contributed by atoms with Crippen molar-refractivity contribution in [2.24, 2.45) is 4.99 Å². The fourth-order valence-electron chi connectivity index (χ4n) is 2.12. The van der Waals surface area contributed by atoms with Gasteiger partial charge >= 0.3 is 0 Å². The summed E-state index contributed by atoms with van der Waals surface area (Å²) >= 11 is 0. The van der Waals surface area contributed by atoms with E-state index in [0.29, 0.717) is 6.54 Å². The Bertz CT molecular complexity index is 631. The van der Waals surface area contributed by atoms with Gasteiger partial charge in [0.25, 0.3) is 0 Å². The summed E-state index contributed by atoms with van der Waals surface area (Å²) < 4.78 is 12.6. The van der Waals surface area contributed by atoms with E-state index in [1.54, 1.807) is 33.8 Å². The third-order valence-electron chi connectivity index (χ3n) is 3.35. The van der Waals surface area contributed by atoms with Crippen LogP contribution < -0.4 is 20.1 Å². The normalized spacial score (nSPS) is 10.7. The summed E-state index contributed by atoms with van der Waals surface area (Å²) in [4.78, 5) is 8.23. The summed E-state index contributed by atoms with van der Waals surface area (Å²) in [5.41, 5.74) is 1.08. The van der Waals surface area contributed by atoms with E-state index in [2.05, 4.69) is 20.6 Å². The van der Waals surface area contributed by atoms with Crippen molar-refractivity contribution in [1.29, 1.82) is 0 Å². The highest BCUT2D eigenvalue weighted by Crippen LogP contribution is 2.27. The smallest absolute Gasteiger partial charge is 0.191 e. The molecule has 0 aliphatic rings. The van der Waals surface area contributed by atoms with Crippen molar-refractivity contribution in [2.45, 2.75) is 13.1 Å². The van der Waals surface area contributed by atoms with Gasteiger partial charge in [0, 0.05) is 39.1 Å². The van der Waals surface area contributed by atoms with Crippen LogP contribution in [0, 0.1) is 0 Å². The molecule has 2 rings (SSSR count). The SMILES string of the molecule is CN=C(NCCn1ccnc1)NCc1ccc(OC)c(OC)c1.I. The lowest BCUT2D eigenvalue weighted by molar-refractivity contribution is 0.354. The maximum atomic E-state index is 5.31. The quantitative estimate of drug-likeness (QED) is 0.387. The molecule has 1 heterocycles. The minimum atomic E-state index is 0. The highest BCUT2D eigenvalue weighted by Gasteiger charge is 2.05. The van der Waals surface area contributed by atoms with Gasteiger partial charge in [-0.2, -0.15) is 0 Å². The summed E-state index contributed by atoms with van der Waals surface area (Å²) in [6.45, 7) is 2.24. The Hall–Kier alpha value is -1.97. The van der Waals surface area contributed by atoms with Crippen molar-refractivity contribution < 1.29 is 9.47 Å². The molecule has 0 aliphatic carbocycles. The highest BCUT2D eigenvalue weighted by atomic mass is 127. The molecule has 0 radical (unpaired) electrons. The third kappa shape index (κ3) is 5.91. The molecular formula is C16H24IN5O2. The van der Waals surface area contributed by atoms with Crippen LogP contribution in [0.15, 0.2) is 41.9 Å². The molecule has 7 nitrogen and oxygen atoms in total. The Labute approximate surface area is 159 Å². The summed E-state index contributed by atoms with van der Waals surface area (Å²) in [6.07, 6.45) is 5.49. The maximum absolute atomic E-state index is 5.31. The molecule has 1 aromatic carbocycles. The number of aromatic nitrogens is 2. The molecule has 0 unspecified atom stereocenters. The van der Waals surface area contributed by atoms with Gasteiger partial charge in [0.1, 0.15) is 0 Å². The largest absolute Gasteiger partial charge is 0.493 e. The number of nitrogens with one attached hydrogen (secondary N) is 2. The molecule has 0 amide bonds. The minimum absolute atomic E-state index is 0. The molecule has 0 spiro atoms. The summed E-state index contributed by atoms with van der Waals surface area (Å²) in [5.74, 6) is 2.19. The lowest BCUT2D eigenvalue weighted by Gasteiger charge is -2.13. The first kappa shape index (κ1) is 20.1. The van der Waals surface area contributed by atoms with Crippen molar-refractivity contribution in [1.82, 2.24) is 20.2 Å². The second kappa shape index (κ2) is 10.7. The van der Waals surface area contributed by atoms with E-state index in [9.17, 15) is 0 Å². The average Bonchev–Trinajstić information content (AvgIpc) is 3.11. The Morgan fingerprint density at radius 3 is 2.62 bits per heavy atom. The Balaban J connectivity index is 0.00000288. The molecule has 0 saturated carbocycles. The zero-order valence-electron chi connectivity index (χ0n) is 14.2. The lowest BCUT2D eigenvalue weighted by atomic mass is 10.2. The first-order chi connectivity index (χ1) is 11.3. The number of hydrogen-bond donors (Lipinski definition) is 2. The Morgan fingerprint density at radius 2 is 2.00 bits per heavy atom. The van der Waals surface area contributed by atoms with Crippen LogP contribution in [0.1, 0.15) is 5.56 Å². The van der Waals surface area contributed by atoms with Gasteiger partial charge in [-0.25, -0.2) is 4.98 Å². The van der Waals surface area contributed by atoms with E-state index in [1.165, 1.54) is 0 Å². The van der Waals surface area contributed by atoms with E-state index in [1.807, 2.05) is 29.0 Å². The van der Waals surface area contributed by atoms with Crippen molar-refractivity contribution in [2.75, 3.05) is 27.8 Å². The number of benzene rings is 1. The van der Waals surface area contributed by atoms with Gasteiger partial charge in [0.2, 0.25) is 0 Å². The molecule has 8 heteroatoms. The number of imidazole rings is 1. The van der Waals surface area contributed by atoms with Crippen LogP contribution >= 0.6 is 24.0 Å². The van der Waals surface area contributed by atoms with E-state index in [-0.39, 0.29) is 24.0 Å². The van der Waals surface area contributed by atoms with Gasteiger partial charge in [-0.15, -0.1) is 24.0 Å². The number of nitrogens with zero attached hydrogens (tertiary/aromatic N) is 3. The van der Waals surface area contributed by atoms with Crippen molar-refractivity contribution in [3.05, 3.63) is 42.5 Å². The zero-order chi connectivity index (χ0) is 16.5. The average molecular weight is 445 g/mol. The number of hydrogen-bond acceptors (Lipinski definition) is 4. The van der Waals surface area contributed by atoms with Crippen LogP contribution in [-0.4, -0.2) is 43.3 Å². The van der Waals surface area contributed by atoms with Crippen molar-refractivity contribution in [3.8, 4) is 11.5 Å². The lowest BCUT2D eigenvalue weighted by Crippen LogP contribution is -2.38. The molecular weight excluding hydrogens is 421 g/mol.